The van der Waals surface area contributed by atoms with Crippen LogP contribution < -0.4 is 4.74 Å². The van der Waals surface area contributed by atoms with Crippen LogP contribution in [-0.2, 0) is 6.61 Å². The van der Waals surface area contributed by atoms with E-state index in [0.29, 0.717) is 17.4 Å². The van der Waals surface area contributed by atoms with Crippen LogP contribution in [0.5, 0.6) is 5.75 Å². The van der Waals surface area contributed by atoms with E-state index >= 15 is 0 Å². The number of ether oxygens (including phenoxy) is 1. The largest absolute Gasteiger partial charge is 0.486 e. The Kier molecular flexibility index (Phi) is 3.15. The van der Waals surface area contributed by atoms with Gasteiger partial charge in [-0.3, -0.25) is 0 Å². The lowest BCUT2D eigenvalue weighted by molar-refractivity contribution is 0.288. The highest BCUT2D eigenvalue weighted by Gasteiger charge is 2.04. The summed E-state index contributed by atoms with van der Waals surface area (Å²) in [4.78, 5) is 0. The molecule has 0 bridgehead atoms. The smallest absolute Gasteiger partial charge is 0.138 e. The first-order valence-electron chi connectivity index (χ1n) is 4.96. The molecule has 1 aromatic carbocycles. The normalized spacial score (nSPS) is 10.4. The summed E-state index contributed by atoms with van der Waals surface area (Å²) in [5.41, 5.74) is 1.87. The SMILES string of the molecule is Cc1ccc(Cl)c(OCc2cc(C)on2)c1. The predicted octanol–water partition coefficient (Wildman–Crippen LogP) is 3.52. The Bertz CT molecular complexity index is 494. The maximum Gasteiger partial charge on any atom is 0.138 e. The van der Waals surface area contributed by atoms with Crippen molar-refractivity contribution in [2.45, 2.75) is 20.5 Å². The monoisotopic (exact) mass is 237 g/mol. The fourth-order valence-corrected chi connectivity index (χ4v) is 1.53. The molecule has 0 aliphatic carbocycles. The van der Waals surface area contributed by atoms with Crippen LogP contribution in [0.15, 0.2) is 28.8 Å². The Morgan fingerprint density at radius 2 is 2.12 bits per heavy atom. The van der Waals surface area contributed by atoms with E-state index in [9.17, 15) is 0 Å². The molecule has 16 heavy (non-hydrogen) atoms. The zero-order chi connectivity index (χ0) is 11.5. The molecule has 1 heterocycles. The second-order valence-electron chi connectivity index (χ2n) is 3.65. The molecule has 0 atom stereocenters. The summed E-state index contributed by atoms with van der Waals surface area (Å²) in [6.07, 6.45) is 0. The molecule has 3 nitrogen and oxygen atoms in total. The summed E-state index contributed by atoms with van der Waals surface area (Å²) >= 11 is 6.00. The highest BCUT2D eigenvalue weighted by Crippen LogP contribution is 2.25. The molecule has 2 rings (SSSR count). The lowest BCUT2D eigenvalue weighted by Crippen LogP contribution is -1.96. The van der Waals surface area contributed by atoms with Crippen LogP contribution in [0.4, 0.5) is 0 Å². The van der Waals surface area contributed by atoms with Gasteiger partial charge < -0.3 is 9.26 Å². The summed E-state index contributed by atoms with van der Waals surface area (Å²) in [7, 11) is 0. The Hall–Kier alpha value is -1.48. The molecule has 0 radical (unpaired) electrons. The van der Waals surface area contributed by atoms with Crippen LogP contribution in [0, 0.1) is 13.8 Å². The molecule has 84 valence electrons. The average Bonchev–Trinajstić information content (AvgIpc) is 2.66. The van der Waals surface area contributed by atoms with Gasteiger partial charge in [0.1, 0.15) is 23.8 Å². The van der Waals surface area contributed by atoms with Gasteiger partial charge in [0.05, 0.1) is 5.02 Å². The van der Waals surface area contributed by atoms with Crippen molar-refractivity contribution in [3.8, 4) is 5.75 Å². The van der Waals surface area contributed by atoms with Gasteiger partial charge in [-0.1, -0.05) is 22.8 Å². The molecular weight excluding hydrogens is 226 g/mol. The van der Waals surface area contributed by atoms with Crippen LogP contribution in [0.3, 0.4) is 0 Å². The first kappa shape index (κ1) is 11.0. The topological polar surface area (TPSA) is 35.3 Å². The van der Waals surface area contributed by atoms with E-state index in [2.05, 4.69) is 5.16 Å². The standard InChI is InChI=1S/C12H12ClNO2/c1-8-3-4-11(13)12(5-8)15-7-10-6-9(2)16-14-10/h3-6H,7H2,1-2H3. The Morgan fingerprint density at radius 1 is 1.31 bits per heavy atom. The molecule has 0 saturated carbocycles. The number of aryl methyl sites for hydroxylation is 2. The van der Waals surface area contributed by atoms with Gasteiger partial charge in [0.2, 0.25) is 0 Å². The number of rotatable bonds is 3. The van der Waals surface area contributed by atoms with Gasteiger partial charge in [-0.2, -0.15) is 0 Å². The van der Waals surface area contributed by atoms with Crippen LogP contribution >= 0.6 is 11.6 Å². The van der Waals surface area contributed by atoms with Crippen molar-refractivity contribution in [2.75, 3.05) is 0 Å². The molecule has 0 N–H and O–H groups in total. The number of nitrogens with zero attached hydrogens (tertiary/aromatic N) is 1. The number of halogens is 1. The molecule has 0 aliphatic heterocycles. The fourth-order valence-electron chi connectivity index (χ4n) is 1.36. The highest BCUT2D eigenvalue weighted by molar-refractivity contribution is 6.32. The summed E-state index contributed by atoms with van der Waals surface area (Å²) in [6.45, 7) is 4.19. The number of hydrogen-bond donors (Lipinski definition) is 0. The number of benzene rings is 1. The first-order chi connectivity index (χ1) is 7.65. The van der Waals surface area contributed by atoms with Crippen molar-refractivity contribution in [3.05, 3.63) is 46.3 Å². The van der Waals surface area contributed by atoms with E-state index in [4.69, 9.17) is 20.9 Å². The lowest BCUT2D eigenvalue weighted by atomic mass is 10.2. The van der Waals surface area contributed by atoms with Crippen LogP contribution in [0.2, 0.25) is 5.02 Å². The van der Waals surface area contributed by atoms with Crippen molar-refractivity contribution < 1.29 is 9.26 Å². The van der Waals surface area contributed by atoms with Crippen molar-refractivity contribution in [1.82, 2.24) is 5.16 Å². The van der Waals surface area contributed by atoms with E-state index in [1.54, 1.807) is 0 Å². The van der Waals surface area contributed by atoms with Crippen molar-refractivity contribution in [3.63, 3.8) is 0 Å². The van der Waals surface area contributed by atoms with Gasteiger partial charge >= 0.3 is 0 Å². The van der Waals surface area contributed by atoms with E-state index in [0.717, 1.165) is 17.0 Å². The van der Waals surface area contributed by atoms with Gasteiger partial charge in [0.15, 0.2) is 0 Å². The summed E-state index contributed by atoms with van der Waals surface area (Å²) < 4.78 is 10.5. The molecule has 0 amide bonds. The summed E-state index contributed by atoms with van der Waals surface area (Å²) in [5, 5.41) is 4.44. The second kappa shape index (κ2) is 4.58. The quantitative estimate of drug-likeness (QED) is 0.819. The van der Waals surface area contributed by atoms with Crippen molar-refractivity contribution >= 4 is 11.6 Å². The number of aromatic nitrogens is 1. The summed E-state index contributed by atoms with van der Waals surface area (Å²) in [6, 6.07) is 7.49. The Morgan fingerprint density at radius 3 is 2.81 bits per heavy atom. The highest BCUT2D eigenvalue weighted by atomic mass is 35.5. The van der Waals surface area contributed by atoms with E-state index in [1.165, 1.54) is 0 Å². The maximum absolute atomic E-state index is 6.00. The third-order valence-corrected chi connectivity index (χ3v) is 2.45. The molecule has 4 heteroatoms. The van der Waals surface area contributed by atoms with Gasteiger partial charge in [0.25, 0.3) is 0 Å². The fraction of sp³-hybridized carbons (Fsp3) is 0.250. The Labute approximate surface area is 99.0 Å². The third-order valence-electron chi connectivity index (χ3n) is 2.14. The van der Waals surface area contributed by atoms with Gasteiger partial charge in [0, 0.05) is 6.07 Å². The molecule has 0 saturated heterocycles. The molecule has 0 fully saturated rings. The first-order valence-corrected chi connectivity index (χ1v) is 5.34. The second-order valence-corrected chi connectivity index (χ2v) is 4.06. The zero-order valence-corrected chi connectivity index (χ0v) is 9.91. The van der Waals surface area contributed by atoms with E-state index in [1.807, 2.05) is 38.1 Å². The number of hydrogen-bond acceptors (Lipinski definition) is 3. The van der Waals surface area contributed by atoms with Crippen LogP contribution in [0.1, 0.15) is 17.0 Å². The lowest BCUT2D eigenvalue weighted by Gasteiger charge is -2.06. The van der Waals surface area contributed by atoms with Gasteiger partial charge in [-0.05, 0) is 31.5 Å². The molecule has 1 aromatic heterocycles. The van der Waals surface area contributed by atoms with Crippen molar-refractivity contribution in [2.24, 2.45) is 0 Å². The Balaban J connectivity index is 2.07. The van der Waals surface area contributed by atoms with Crippen LogP contribution in [0.25, 0.3) is 0 Å². The minimum absolute atomic E-state index is 0.362. The maximum atomic E-state index is 6.00. The molecule has 0 spiro atoms. The van der Waals surface area contributed by atoms with E-state index < -0.39 is 0 Å². The summed E-state index contributed by atoms with van der Waals surface area (Å²) in [5.74, 6) is 1.44. The molecule has 2 aromatic rings. The molecular formula is C12H12ClNO2. The van der Waals surface area contributed by atoms with Crippen LogP contribution in [-0.4, -0.2) is 5.16 Å². The molecule has 0 aliphatic rings. The van der Waals surface area contributed by atoms with Gasteiger partial charge in [-0.25, -0.2) is 0 Å². The van der Waals surface area contributed by atoms with Crippen molar-refractivity contribution in [1.29, 1.82) is 0 Å². The van der Waals surface area contributed by atoms with E-state index in [-0.39, 0.29) is 0 Å². The minimum Gasteiger partial charge on any atom is -0.486 e. The third kappa shape index (κ3) is 2.55. The average molecular weight is 238 g/mol. The zero-order valence-electron chi connectivity index (χ0n) is 9.16. The minimum atomic E-state index is 0.362. The predicted molar refractivity (Wildman–Crippen MR) is 61.8 cm³/mol. The molecule has 0 unspecified atom stereocenters. The van der Waals surface area contributed by atoms with Gasteiger partial charge in [-0.15, -0.1) is 0 Å².